The number of nitrogens with zero attached hydrogens (tertiary/aromatic N) is 4. The Bertz CT molecular complexity index is 802. The zero-order chi connectivity index (χ0) is 17.5. The Labute approximate surface area is 152 Å². The number of thiazole rings is 1. The molecule has 0 aliphatic rings. The second kappa shape index (κ2) is 8.62. The van der Waals surface area contributed by atoms with Crippen molar-refractivity contribution in [2.24, 2.45) is 4.99 Å². The molecule has 0 radical (unpaired) electrons. The first-order valence-electron chi connectivity index (χ1n) is 8.60. The van der Waals surface area contributed by atoms with Gasteiger partial charge in [-0.2, -0.15) is 0 Å². The molecule has 2 N–H and O–H groups in total. The number of imidazole rings is 1. The van der Waals surface area contributed by atoms with E-state index in [1.165, 1.54) is 0 Å². The van der Waals surface area contributed by atoms with E-state index in [0.717, 1.165) is 53.9 Å². The molecule has 0 bridgehead atoms. The summed E-state index contributed by atoms with van der Waals surface area (Å²) in [6.07, 6.45) is 5.81. The number of nitrogens with one attached hydrogen (secondary N) is 2. The number of pyridine rings is 1. The van der Waals surface area contributed by atoms with Crippen LogP contribution in [0.4, 0.5) is 0 Å². The van der Waals surface area contributed by atoms with Crippen LogP contribution in [0, 0.1) is 6.92 Å². The first-order chi connectivity index (χ1) is 12.2. The van der Waals surface area contributed by atoms with Gasteiger partial charge in [-0.1, -0.05) is 6.07 Å². The summed E-state index contributed by atoms with van der Waals surface area (Å²) in [4.78, 5) is 13.7. The van der Waals surface area contributed by atoms with E-state index in [-0.39, 0.29) is 0 Å². The van der Waals surface area contributed by atoms with Crippen molar-refractivity contribution in [2.75, 3.05) is 19.6 Å². The molecule has 0 amide bonds. The van der Waals surface area contributed by atoms with Gasteiger partial charge in [-0.05, 0) is 26.0 Å². The molecule has 0 aliphatic heterocycles. The lowest BCUT2D eigenvalue weighted by Gasteiger charge is -2.10. The third kappa shape index (κ3) is 5.03. The Kier molecular flexibility index (Phi) is 6.00. The maximum atomic E-state index is 4.64. The van der Waals surface area contributed by atoms with E-state index in [1.807, 2.05) is 35.7 Å². The fraction of sp³-hybridized carbons (Fsp3) is 0.389. The molecule has 0 unspecified atom stereocenters. The number of aromatic nitrogens is 3. The van der Waals surface area contributed by atoms with Crippen LogP contribution in [0.25, 0.3) is 5.65 Å². The molecular weight excluding hydrogens is 332 g/mol. The largest absolute Gasteiger partial charge is 0.357 e. The number of hydrogen-bond donors (Lipinski definition) is 2. The molecule has 25 heavy (non-hydrogen) atoms. The van der Waals surface area contributed by atoms with Crippen LogP contribution in [-0.4, -0.2) is 40.0 Å². The lowest BCUT2D eigenvalue weighted by molar-refractivity contribution is 0.786. The fourth-order valence-corrected chi connectivity index (χ4v) is 3.21. The molecule has 6 nitrogen and oxygen atoms in total. The first kappa shape index (κ1) is 17.4. The van der Waals surface area contributed by atoms with Gasteiger partial charge < -0.3 is 15.0 Å². The molecule has 0 saturated carbocycles. The lowest BCUT2D eigenvalue weighted by Crippen LogP contribution is -2.38. The van der Waals surface area contributed by atoms with Gasteiger partial charge in [-0.25, -0.2) is 9.97 Å². The Morgan fingerprint density at radius 3 is 2.88 bits per heavy atom. The van der Waals surface area contributed by atoms with Crippen molar-refractivity contribution in [1.82, 2.24) is 25.0 Å². The van der Waals surface area contributed by atoms with E-state index >= 15 is 0 Å². The van der Waals surface area contributed by atoms with Gasteiger partial charge in [0.05, 0.1) is 16.4 Å². The van der Waals surface area contributed by atoms with Crippen LogP contribution < -0.4 is 10.6 Å². The highest BCUT2D eigenvalue weighted by molar-refractivity contribution is 7.09. The highest BCUT2D eigenvalue weighted by Gasteiger charge is 2.02. The average molecular weight is 356 g/mol. The van der Waals surface area contributed by atoms with Crippen molar-refractivity contribution >= 4 is 22.9 Å². The van der Waals surface area contributed by atoms with Crippen LogP contribution in [0.5, 0.6) is 0 Å². The number of aliphatic imine (C=N–C) groups is 1. The maximum Gasteiger partial charge on any atom is 0.191 e. The topological polar surface area (TPSA) is 66.6 Å². The molecule has 0 atom stereocenters. The Hall–Kier alpha value is -2.41. The van der Waals surface area contributed by atoms with E-state index in [1.54, 1.807) is 11.3 Å². The molecule has 132 valence electrons. The van der Waals surface area contributed by atoms with Crippen molar-refractivity contribution in [3.63, 3.8) is 0 Å². The highest BCUT2D eigenvalue weighted by Crippen LogP contribution is 2.08. The van der Waals surface area contributed by atoms with E-state index in [4.69, 9.17) is 0 Å². The van der Waals surface area contributed by atoms with Crippen molar-refractivity contribution in [1.29, 1.82) is 0 Å². The van der Waals surface area contributed by atoms with Gasteiger partial charge in [0.1, 0.15) is 5.65 Å². The number of guanidine groups is 1. The average Bonchev–Trinajstić information content (AvgIpc) is 3.20. The SMILES string of the molecule is CCNC(=NCCc1cn2ccccc2n1)NCCc1csc(C)n1. The second-order valence-corrected chi connectivity index (χ2v) is 6.81. The molecule has 0 fully saturated rings. The maximum absolute atomic E-state index is 4.64. The molecule has 3 aromatic heterocycles. The molecule has 0 aromatic carbocycles. The summed E-state index contributed by atoms with van der Waals surface area (Å²) in [6, 6.07) is 6.02. The van der Waals surface area contributed by atoms with E-state index < -0.39 is 0 Å². The van der Waals surface area contributed by atoms with Gasteiger partial charge in [-0.3, -0.25) is 4.99 Å². The highest BCUT2D eigenvalue weighted by atomic mass is 32.1. The number of aryl methyl sites for hydroxylation is 1. The van der Waals surface area contributed by atoms with Crippen LogP contribution in [0.3, 0.4) is 0 Å². The summed E-state index contributed by atoms with van der Waals surface area (Å²) in [5.41, 5.74) is 3.17. The third-order valence-electron chi connectivity index (χ3n) is 3.74. The summed E-state index contributed by atoms with van der Waals surface area (Å²) in [5, 5.41) is 9.88. The summed E-state index contributed by atoms with van der Waals surface area (Å²) >= 11 is 1.69. The number of rotatable bonds is 7. The minimum Gasteiger partial charge on any atom is -0.357 e. The number of fused-ring (bicyclic) bond motifs is 1. The minimum atomic E-state index is 0.703. The zero-order valence-electron chi connectivity index (χ0n) is 14.7. The fourth-order valence-electron chi connectivity index (χ4n) is 2.56. The summed E-state index contributed by atoms with van der Waals surface area (Å²) in [6.45, 7) is 6.48. The van der Waals surface area contributed by atoms with E-state index in [2.05, 4.69) is 44.1 Å². The monoisotopic (exact) mass is 356 g/mol. The quantitative estimate of drug-likeness (QED) is 0.504. The van der Waals surface area contributed by atoms with Crippen molar-refractivity contribution < 1.29 is 0 Å². The van der Waals surface area contributed by atoms with Crippen LogP contribution in [0.1, 0.15) is 23.3 Å². The molecule has 7 heteroatoms. The van der Waals surface area contributed by atoms with Crippen LogP contribution in [0.2, 0.25) is 0 Å². The molecule has 3 heterocycles. The molecule has 3 rings (SSSR count). The smallest absolute Gasteiger partial charge is 0.191 e. The lowest BCUT2D eigenvalue weighted by atomic mass is 10.3. The molecule has 0 aliphatic carbocycles. The van der Waals surface area contributed by atoms with Crippen molar-refractivity contribution in [3.8, 4) is 0 Å². The van der Waals surface area contributed by atoms with Gasteiger partial charge in [0, 0.05) is 50.2 Å². The molecule has 0 saturated heterocycles. The van der Waals surface area contributed by atoms with Gasteiger partial charge in [0.15, 0.2) is 5.96 Å². The van der Waals surface area contributed by atoms with Crippen LogP contribution in [0.15, 0.2) is 41.0 Å². The van der Waals surface area contributed by atoms with Crippen molar-refractivity contribution in [2.45, 2.75) is 26.7 Å². The van der Waals surface area contributed by atoms with Crippen LogP contribution >= 0.6 is 11.3 Å². The minimum absolute atomic E-state index is 0.703. The van der Waals surface area contributed by atoms with Gasteiger partial charge in [-0.15, -0.1) is 11.3 Å². The summed E-state index contributed by atoms with van der Waals surface area (Å²) in [7, 11) is 0. The van der Waals surface area contributed by atoms with E-state index in [0.29, 0.717) is 6.54 Å². The van der Waals surface area contributed by atoms with Crippen molar-refractivity contribution in [3.05, 3.63) is 52.4 Å². The molecule has 3 aromatic rings. The predicted molar refractivity (Wildman–Crippen MR) is 103 cm³/mol. The van der Waals surface area contributed by atoms with Gasteiger partial charge in [0.25, 0.3) is 0 Å². The molecule has 0 spiro atoms. The van der Waals surface area contributed by atoms with Gasteiger partial charge in [0.2, 0.25) is 0 Å². The predicted octanol–water partition coefficient (Wildman–Crippen LogP) is 2.44. The Balaban J connectivity index is 1.50. The first-order valence-corrected chi connectivity index (χ1v) is 9.48. The Morgan fingerprint density at radius 1 is 1.20 bits per heavy atom. The molecular formula is C18H24N6S. The number of hydrogen-bond acceptors (Lipinski definition) is 4. The third-order valence-corrected chi connectivity index (χ3v) is 4.56. The zero-order valence-corrected chi connectivity index (χ0v) is 15.5. The summed E-state index contributed by atoms with van der Waals surface area (Å²) in [5.74, 6) is 0.846. The van der Waals surface area contributed by atoms with Gasteiger partial charge >= 0.3 is 0 Å². The van der Waals surface area contributed by atoms with E-state index in [9.17, 15) is 0 Å². The normalized spacial score (nSPS) is 11.8. The summed E-state index contributed by atoms with van der Waals surface area (Å²) < 4.78 is 2.04. The second-order valence-electron chi connectivity index (χ2n) is 5.74. The van der Waals surface area contributed by atoms with Crippen LogP contribution in [-0.2, 0) is 12.8 Å². The Morgan fingerprint density at radius 2 is 2.12 bits per heavy atom. The standard InChI is InChI=1S/C18H24N6S/c1-3-19-18(21-10-8-16-13-25-14(2)22-16)20-9-7-15-12-24-11-5-4-6-17(24)23-15/h4-6,11-13H,3,7-10H2,1-2H3,(H2,19,20,21).